The first-order valence-electron chi connectivity index (χ1n) is 29.0. The molecule has 71 heavy (non-hydrogen) atoms. The highest BCUT2D eigenvalue weighted by Crippen LogP contribution is 2.39. The van der Waals surface area contributed by atoms with Crippen LogP contribution < -0.4 is 19.8 Å². The lowest BCUT2D eigenvalue weighted by Crippen LogP contribution is -2.55. The Kier molecular flexibility index (Phi) is 22.5. The van der Waals surface area contributed by atoms with Crippen LogP contribution in [0.5, 0.6) is 11.5 Å². The molecule has 0 saturated carbocycles. The number of fused-ring (bicyclic) bond motifs is 3. The monoisotopic (exact) mass is 967 g/mol. The SMILES string of the molecule is CCCCCCCCOc1ccc(-c2ccc(-c3ccc4c(c3)[Si](CCCCCCCC)(CCCCCCCC)c3cc(-c5ccc(-c6ccc(OCCCCCCCC)cc6)cc5)ccc3-4)cc2)cc1. The summed E-state index contributed by atoms with van der Waals surface area (Å²) in [5.41, 5.74) is 13.3. The van der Waals surface area contributed by atoms with Crippen LogP contribution in [0.4, 0.5) is 0 Å². The van der Waals surface area contributed by atoms with Gasteiger partial charge in [-0.15, -0.1) is 0 Å². The van der Waals surface area contributed by atoms with Gasteiger partial charge in [-0.1, -0.05) is 278 Å². The molecule has 7 rings (SSSR count). The molecule has 1 heterocycles. The topological polar surface area (TPSA) is 18.5 Å². The first kappa shape index (κ1) is 53.9. The Morgan fingerprint density at radius 3 is 0.845 bits per heavy atom. The van der Waals surface area contributed by atoms with Crippen molar-refractivity contribution in [1.82, 2.24) is 0 Å². The average molecular weight is 968 g/mol. The molecule has 0 aliphatic carbocycles. The fraction of sp³-hybridized carbons (Fsp3) is 0.471. The van der Waals surface area contributed by atoms with E-state index in [0.29, 0.717) is 0 Å². The Morgan fingerprint density at radius 2 is 0.521 bits per heavy atom. The summed E-state index contributed by atoms with van der Waals surface area (Å²) < 4.78 is 12.2. The Hall–Kier alpha value is -4.86. The van der Waals surface area contributed by atoms with Gasteiger partial charge in [0.15, 0.2) is 0 Å². The van der Waals surface area contributed by atoms with Gasteiger partial charge < -0.3 is 9.47 Å². The van der Waals surface area contributed by atoms with E-state index in [-0.39, 0.29) is 0 Å². The fourth-order valence-corrected chi connectivity index (χ4v) is 16.9. The minimum atomic E-state index is -2.14. The van der Waals surface area contributed by atoms with Crippen LogP contribution in [-0.4, -0.2) is 21.3 Å². The van der Waals surface area contributed by atoms with Crippen molar-refractivity contribution in [2.45, 2.75) is 194 Å². The fourth-order valence-electron chi connectivity index (χ4n) is 11.3. The van der Waals surface area contributed by atoms with E-state index >= 15 is 0 Å². The van der Waals surface area contributed by atoms with Crippen molar-refractivity contribution < 1.29 is 9.47 Å². The molecular formula is C68H90O2Si. The molecule has 378 valence electrons. The molecule has 0 fully saturated rings. The maximum atomic E-state index is 6.12. The molecule has 0 bridgehead atoms. The molecular weight excluding hydrogens is 877 g/mol. The van der Waals surface area contributed by atoms with Crippen LogP contribution in [0, 0.1) is 0 Å². The molecule has 6 aromatic carbocycles. The van der Waals surface area contributed by atoms with Crippen molar-refractivity contribution >= 4 is 18.4 Å². The second kappa shape index (κ2) is 29.6. The predicted molar refractivity (Wildman–Crippen MR) is 313 cm³/mol. The summed E-state index contributed by atoms with van der Waals surface area (Å²) in [6, 6.07) is 54.0. The third-order valence-electron chi connectivity index (χ3n) is 15.6. The lowest BCUT2D eigenvalue weighted by molar-refractivity contribution is 0.304. The van der Waals surface area contributed by atoms with E-state index in [9.17, 15) is 0 Å². The smallest absolute Gasteiger partial charge is 0.119 e. The van der Waals surface area contributed by atoms with Crippen LogP contribution >= 0.6 is 0 Å². The maximum absolute atomic E-state index is 6.12. The predicted octanol–water partition coefficient (Wildman–Crippen LogP) is 20.1. The van der Waals surface area contributed by atoms with Crippen LogP contribution in [-0.2, 0) is 0 Å². The van der Waals surface area contributed by atoms with Crippen molar-refractivity contribution in [2.24, 2.45) is 0 Å². The Labute approximate surface area is 433 Å². The third kappa shape index (κ3) is 15.6. The zero-order chi connectivity index (χ0) is 49.4. The van der Waals surface area contributed by atoms with Crippen LogP contribution in [0.3, 0.4) is 0 Å². The molecule has 1 aliphatic rings. The maximum Gasteiger partial charge on any atom is 0.119 e. The molecule has 0 radical (unpaired) electrons. The van der Waals surface area contributed by atoms with Gasteiger partial charge in [-0.25, -0.2) is 0 Å². The van der Waals surface area contributed by atoms with Gasteiger partial charge in [0.25, 0.3) is 0 Å². The van der Waals surface area contributed by atoms with Crippen molar-refractivity contribution in [3.63, 3.8) is 0 Å². The summed E-state index contributed by atoms with van der Waals surface area (Å²) in [6.07, 6.45) is 31.5. The average Bonchev–Trinajstić information content (AvgIpc) is 3.68. The number of unbranched alkanes of at least 4 members (excludes halogenated alkanes) is 20. The summed E-state index contributed by atoms with van der Waals surface area (Å²) in [6.45, 7) is 10.8. The molecule has 3 heteroatoms. The second-order valence-corrected chi connectivity index (χ2v) is 25.3. The van der Waals surface area contributed by atoms with E-state index < -0.39 is 8.07 Å². The first-order chi connectivity index (χ1) is 35.1. The molecule has 0 spiro atoms. The Morgan fingerprint density at radius 1 is 0.268 bits per heavy atom. The third-order valence-corrected chi connectivity index (χ3v) is 20.9. The number of hydrogen-bond donors (Lipinski definition) is 0. The van der Waals surface area contributed by atoms with Gasteiger partial charge in [-0.2, -0.15) is 0 Å². The molecule has 6 aromatic rings. The highest BCUT2D eigenvalue weighted by atomic mass is 28.3. The van der Waals surface area contributed by atoms with E-state index in [0.717, 1.165) is 37.6 Å². The van der Waals surface area contributed by atoms with Gasteiger partial charge in [0, 0.05) is 0 Å². The van der Waals surface area contributed by atoms with Gasteiger partial charge in [-0.05, 0) is 115 Å². The van der Waals surface area contributed by atoms with Gasteiger partial charge >= 0.3 is 0 Å². The second-order valence-electron chi connectivity index (χ2n) is 21.1. The molecule has 0 aromatic heterocycles. The lowest BCUT2D eigenvalue weighted by atomic mass is 9.96. The van der Waals surface area contributed by atoms with Crippen LogP contribution in [0.1, 0.15) is 182 Å². The highest BCUT2D eigenvalue weighted by molar-refractivity contribution is 7.05. The van der Waals surface area contributed by atoms with E-state index in [1.807, 2.05) is 0 Å². The minimum absolute atomic E-state index is 0.801. The van der Waals surface area contributed by atoms with Gasteiger partial charge in [-0.3, -0.25) is 0 Å². The lowest BCUT2D eigenvalue weighted by Gasteiger charge is -2.31. The number of hydrogen-bond acceptors (Lipinski definition) is 2. The normalized spacial score (nSPS) is 12.5. The van der Waals surface area contributed by atoms with Gasteiger partial charge in [0.1, 0.15) is 19.6 Å². The summed E-state index contributed by atoms with van der Waals surface area (Å²) in [5.74, 6) is 1.94. The van der Waals surface area contributed by atoms with Crippen LogP contribution in [0.25, 0.3) is 55.6 Å². The van der Waals surface area contributed by atoms with E-state index in [4.69, 9.17) is 9.47 Å². The molecule has 0 saturated heterocycles. The minimum Gasteiger partial charge on any atom is -0.494 e. The summed E-state index contributed by atoms with van der Waals surface area (Å²) in [4.78, 5) is 0. The van der Waals surface area contributed by atoms with E-state index in [1.54, 1.807) is 10.4 Å². The number of benzene rings is 6. The highest BCUT2D eigenvalue weighted by Gasteiger charge is 2.44. The molecule has 0 unspecified atom stereocenters. The van der Waals surface area contributed by atoms with Crippen molar-refractivity contribution in [1.29, 1.82) is 0 Å². The number of ether oxygens (including phenoxy) is 2. The van der Waals surface area contributed by atoms with E-state index in [1.165, 1.54) is 209 Å². The molecule has 0 atom stereocenters. The van der Waals surface area contributed by atoms with Crippen LogP contribution in [0.2, 0.25) is 12.1 Å². The zero-order valence-corrected chi connectivity index (χ0v) is 45.8. The van der Waals surface area contributed by atoms with Crippen molar-refractivity contribution in [3.05, 3.63) is 133 Å². The quantitative estimate of drug-likeness (QED) is 0.0296. The summed E-state index contributed by atoms with van der Waals surface area (Å²) >= 11 is 0. The molecule has 0 amide bonds. The van der Waals surface area contributed by atoms with Crippen molar-refractivity contribution in [2.75, 3.05) is 13.2 Å². The van der Waals surface area contributed by atoms with Crippen LogP contribution in [0.15, 0.2) is 133 Å². The van der Waals surface area contributed by atoms with Gasteiger partial charge in [0.05, 0.1) is 13.2 Å². The van der Waals surface area contributed by atoms with E-state index in [2.05, 4.69) is 161 Å². The largest absolute Gasteiger partial charge is 0.494 e. The Balaban J connectivity index is 1.11. The molecule has 2 nitrogen and oxygen atoms in total. The molecule has 0 N–H and O–H groups in total. The standard InChI is InChI=1S/C68H90O2Si/c1-5-9-13-17-21-25-49-69-63-43-37-57(38-44-63)55-29-33-59(34-30-55)61-41-47-65-66-48-42-62(60-35-31-56(32-36-60)58-39-45-64(46-40-58)70-50-26-22-18-14-10-6-2)54-68(66)71(67(65)53-61,51-27-23-19-15-11-7-3)52-28-24-20-16-12-8-4/h29-48,53-54H,5-28,49-52H2,1-4H3. The molecule has 1 aliphatic heterocycles. The number of rotatable bonds is 34. The Bertz CT molecular complexity index is 2240. The van der Waals surface area contributed by atoms with Gasteiger partial charge in [0.2, 0.25) is 0 Å². The first-order valence-corrected chi connectivity index (χ1v) is 31.4. The van der Waals surface area contributed by atoms with Crippen molar-refractivity contribution in [3.8, 4) is 67.1 Å². The summed E-state index contributed by atoms with van der Waals surface area (Å²) in [7, 11) is -2.14. The zero-order valence-electron chi connectivity index (χ0n) is 44.8. The summed E-state index contributed by atoms with van der Waals surface area (Å²) in [5, 5.41) is 3.39.